The number of carbonyl (C=O) groups excluding carboxylic acids is 1. The van der Waals surface area contributed by atoms with Crippen LogP contribution in [0.15, 0.2) is 6.20 Å². The second-order valence-corrected chi connectivity index (χ2v) is 4.36. The Bertz CT molecular complexity index is 473. The van der Waals surface area contributed by atoms with Crippen LogP contribution >= 0.6 is 0 Å². The zero-order valence-corrected chi connectivity index (χ0v) is 9.47. The van der Waals surface area contributed by atoms with Crippen molar-refractivity contribution in [3.05, 3.63) is 11.8 Å². The van der Waals surface area contributed by atoms with Gasteiger partial charge in [-0.05, 0) is 12.8 Å². The van der Waals surface area contributed by atoms with Gasteiger partial charge in [0, 0.05) is 6.20 Å². The normalized spacial score (nSPS) is 24.2. The van der Waals surface area contributed by atoms with Gasteiger partial charge in [0.15, 0.2) is 5.82 Å². The van der Waals surface area contributed by atoms with E-state index >= 15 is 0 Å². The molecule has 6 heteroatoms. The maximum Gasteiger partial charge on any atom is 0.254 e. The van der Waals surface area contributed by atoms with Crippen LogP contribution < -0.4 is 11.5 Å². The molecular formula is C11H15N5O. The maximum absolute atomic E-state index is 11.1. The molecule has 1 aromatic heterocycles. The molecule has 1 amide bonds. The Morgan fingerprint density at radius 2 is 2.24 bits per heavy atom. The lowest BCUT2D eigenvalue weighted by atomic mass is 9.85. The summed E-state index contributed by atoms with van der Waals surface area (Å²) in [5.74, 6) is -0.512. The van der Waals surface area contributed by atoms with Crippen LogP contribution in [0.2, 0.25) is 0 Å². The van der Waals surface area contributed by atoms with Crippen LogP contribution in [0, 0.1) is 17.2 Å². The van der Waals surface area contributed by atoms with E-state index in [1.807, 2.05) is 0 Å². The molecule has 1 aliphatic rings. The molecule has 1 unspecified atom stereocenters. The summed E-state index contributed by atoms with van der Waals surface area (Å²) in [6.45, 7) is 0. The second-order valence-electron chi connectivity index (χ2n) is 4.36. The number of hydrogen-bond acceptors (Lipinski definition) is 4. The van der Waals surface area contributed by atoms with Crippen molar-refractivity contribution in [1.82, 2.24) is 9.78 Å². The molecule has 0 radical (unpaired) electrons. The molecule has 90 valence electrons. The Labute approximate surface area is 99.2 Å². The van der Waals surface area contributed by atoms with Crippen LogP contribution in [-0.2, 0) is 0 Å². The van der Waals surface area contributed by atoms with E-state index in [-0.39, 0.29) is 23.3 Å². The van der Waals surface area contributed by atoms with Crippen molar-refractivity contribution in [2.24, 2.45) is 11.7 Å². The molecule has 1 fully saturated rings. The van der Waals surface area contributed by atoms with E-state index in [2.05, 4.69) is 11.2 Å². The van der Waals surface area contributed by atoms with Crippen molar-refractivity contribution in [2.45, 2.75) is 31.7 Å². The molecular weight excluding hydrogens is 218 g/mol. The minimum Gasteiger partial charge on any atom is -0.382 e. The van der Waals surface area contributed by atoms with Crippen molar-refractivity contribution >= 4 is 11.7 Å². The number of primary amides is 1. The van der Waals surface area contributed by atoms with Crippen LogP contribution in [0.25, 0.3) is 0 Å². The van der Waals surface area contributed by atoms with Crippen molar-refractivity contribution in [3.63, 3.8) is 0 Å². The second kappa shape index (κ2) is 4.45. The summed E-state index contributed by atoms with van der Waals surface area (Å²) in [4.78, 5) is 11.1. The quantitative estimate of drug-likeness (QED) is 0.787. The first-order chi connectivity index (χ1) is 8.13. The third-order valence-electron chi connectivity index (χ3n) is 3.26. The maximum atomic E-state index is 11.1. The molecule has 4 N–H and O–H groups in total. The zero-order valence-electron chi connectivity index (χ0n) is 9.47. The smallest absolute Gasteiger partial charge is 0.254 e. The number of anilines is 1. The number of aromatic nitrogens is 2. The highest BCUT2D eigenvalue weighted by Gasteiger charge is 2.28. The third kappa shape index (κ3) is 2.09. The SMILES string of the molecule is N#C[C@@H]1CCCCC1n1cc(C(N)=O)c(N)n1. The highest BCUT2D eigenvalue weighted by atomic mass is 16.1. The highest BCUT2D eigenvalue weighted by molar-refractivity contribution is 5.96. The van der Waals surface area contributed by atoms with Gasteiger partial charge in [0.2, 0.25) is 0 Å². The molecule has 0 aromatic carbocycles. The highest BCUT2D eigenvalue weighted by Crippen LogP contribution is 2.33. The molecule has 0 bridgehead atoms. The predicted molar refractivity (Wildman–Crippen MR) is 61.8 cm³/mol. The van der Waals surface area contributed by atoms with Gasteiger partial charge in [0.25, 0.3) is 5.91 Å². The summed E-state index contributed by atoms with van der Waals surface area (Å²) in [6, 6.07) is 2.30. The van der Waals surface area contributed by atoms with Crippen molar-refractivity contribution in [1.29, 1.82) is 5.26 Å². The molecule has 0 aliphatic heterocycles. The van der Waals surface area contributed by atoms with E-state index in [4.69, 9.17) is 16.7 Å². The summed E-state index contributed by atoms with van der Waals surface area (Å²) in [5.41, 5.74) is 11.0. The summed E-state index contributed by atoms with van der Waals surface area (Å²) in [5, 5.41) is 13.2. The standard InChI is InChI=1S/C11H15N5O/c12-5-7-3-1-2-4-9(7)16-6-8(11(14)17)10(13)15-16/h6-7,9H,1-4H2,(H2,13,15)(H2,14,17)/t7-,9?/m0/s1. The molecule has 1 saturated carbocycles. The number of nitrogens with zero attached hydrogens (tertiary/aromatic N) is 3. The Balaban J connectivity index is 2.30. The molecule has 17 heavy (non-hydrogen) atoms. The lowest BCUT2D eigenvalue weighted by Gasteiger charge is -2.26. The monoisotopic (exact) mass is 233 g/mol. The van der Waals surface area contributed by atoms with Crippen LogP contribution in [-0.4, -0.2) is 15.7 Å². The van der Waals surface area contributed by atoms with Crippen molar-refractivity contribution in [2.75, 3.05) is 5.73 Å². The van der Waals surface area contributed by atoms with E-state index in [1.54, 1.807) is 10.9 Å². The van der Waals surface area contributed by atoms with Gasteiger partial charge in [-0.15, -0.1) is 0 Å². The minimum absolute atomic E-state index is 0.00384. The average molecular weight is 233 g/mol. The first-order valence-electron chi connectivity index (χ1n) is 5.67. The van der Waals surface area contributed by atoms with Gasteiger partial charge in [0.05, 0.1) is 18.0 Å². The number of rotatable bonds is 2. The Hall–Kier alpha value is -2.03. The van der Waals surface area contributed by atoms with Gasteiger partial charge in [0.1, 0.15) is 5.56 Å². The molecule has 1 aromatic rings. The Morgan fingerprint density at radius 3 is 2.82 bits per heavy atom. The van der Waals surface area contributed by atoms with E-state index in [9.17, 15) is 4.79 Å². The molecule has 0 saturated heterocycles. The number of carbonyl (C=O) groups is 1. The van der Waals surface area contributed by atoms with Gasteiger partial charge in [-0.1, -0.05) is 12.8 Å². The molecule has 1 heterocycles. The molecule has 0 spiro atoms. The lowest BCUT2D eigenvalue weighted by molar-refractivity contribution is 0.100. The van der Waals surface area contributed by atoms with Crippen molar-refractivity contribution in [3.8, 4) is 6.07 Å². The summed E-state index contributed by atoms with van der Waals surface area (Å²) in [7, 11) is 0. The fraction of sp³-hybridized carbons (Fsp3) is 0.545. The van der Waals surface area contributed by atoms with E-state index in [0.717, 1.165) is 25.7 Å². The number of nitrogen functional groups attached to an aromatic ring is 1. The van der Waals surface area contributed by atoms with E-state index < -0.39 is 5.91 Å². The molecule has 6 nitrogen and oxygen atoms in total. The largest absolute Gasteiger partial charge is 0.382 e. The molecule has 1 aliphatic carbocycles. The summed E-state index contributed by atoms with van der Waals surface area (Å²) < 4.78 is 1.63. The van der Waals surface area contributed by atoms with Crippen molar-refractivity contribution < 1.29 is 4.79 Å². The van der Waals surface area contributed by atoms with Crippen LogP contribution in [0.5, 0.6) is 0 Å². The van der Waals surface area contributed by atoms with Gasteiger partial charge >= 0.3 is 0 Å². The first kappa shape index (κ1) is 11.5. The average Bonchev–Trinajstić information content (AvgIpc) is 2.71. The van der Waals surface area contributed by atoms with Gasteiger partial charge in [-0.3, -0.25) is 9.48 Å². The Morgan fingerprint density at radius 1 is 1.53 bits per heavy atom. The number of nitrogens with two attached hydrogens (primary N) is 2. The summed E-state index contributed by atoms with van der Waals surface area (Å²) in [6.07, 6.45) is 5.44. The fourth-order valence-electron chi connectivity index (χ4n) is 2.34. The van der Waals surface area contributed by atoms with Gasteiger partial charge < -0.3 is 11.5 Å². The van der Waals surface area contributed by atoms with Crippen LogP contribution in [0.4, 0.5) is 5.82 Å². The molecule has 2 rings (SSSR count). The third-order valence-corrected chi connectivity index (χ3v) is 3.26. The van der Waals surface area contributed by atoms with Crippen LogP contribution in [0.1, 0.15) is 42.1 Å². The van der Waals surface area contributed by atoms with Crippen LogP contribution in [0.3, 0.4) is 0 Å². The number of nitriles is 1. The van der Waals surface area contributed by atoms with E-state index in [0.29, 0.717) is 0 Å². The predicted octanol–water partition coefficient (Wildman–Crippen LogP) is 0.819. The lowest BCUT2D eigenvalue weighted by Crippen LogP contribution is -2.22. The number of hydrogen-bond donors (Lipinski definition) is 2. The van der Waals surface area contributed by atoms with Gasteiger partial charge in [-0.2, -0.15) is 10.4 Å². The number of amides is 1. The molecule has 2 atom stereocenters. The first-order valence-corrected chi connectivity index (χ1v) is 5.67. The van der Waals surface area contributed by atoms with Gasteiger partial charge in [-0.25, -0.2) is 0 Å². The fourth-order valence-corrected chi connectivity index (χ4v) is 2.34. The van der Waals surface area contributed by atoms with E-state index in [1.165, 1.54) is 0 Å². The topological polar surface area (TPSA) is 111 Å². The summed E-state index contributed by atoms with van der Waals surface area (Å²) >= 11 is 0. The minimum atomic E-state index is -0.585. The zero-order chi connectivity index (χ0) is 12.4. The Kier molecular flexibility index (Phi) is 3.00.